The second kappa shape index (κ2) is 13.6. The van der Waals surface area contributed by atoms with Gasteiger partial charge in [-0.2, -0.15) is 13.2 Å². The van der Waals surface area contributed by atoms with Crippen molar-refractivity contribution in [3.63, 3.8) is 0 Å². The second-order valence-corrected chi connectivity index (χ2v) is 8.40. The van der Waals surface area contributed by atoms with Crippen LogP contribution in [0.1, 0.15) is 30.9 Å². The molecule has 0 aliphatic carbocycles. The number of carbonyl (C=O) groups is 1. The van der Waals surface area contributed by atoms with Crippen molar-refractivity contribution in [2.75, 3.05) is 19.8 Å². The molecule has 1 heterocycles. The smallest absolute Gasteiger partial charge is 0.374 e. The van der Waals surface area contributed by atoms with E-state index in [1.165, 1.54) is 0 Å². The van der Waals surface area contributed by atoms with Crippen molar-refractivity contribution in [1.82, 2.24) is 5.32 Å². The Bertz CT molecular complexity index is 882. The summed E-state index contributed by atoms with van der Waals surface area (Å²) in [6.07, 6.45) is -5.54. The summed E-state index contributed by atoms with van der Waals surface area (Å²) in [5, 5.41) is 2.03. The summed E-state index contributed by atoms with van der Waals surface area (Å²) in [6, 6.07) is 17.8. The Kier molecular flexibility index (Phi) is 10.5. The lowest BCUT2D eigenvalue weighted by Crippen LogP contribution is -2.63. The predicted molar refractivity (Wildman–Crippen MR) is 123 cm³/mol. The molecule has 0 saturated carbocycles. The van der Waals surface area contributed by atoms with E-state index in [1.54, 1.807) is 0 Å². The molecule has 0 radical (unpaired) electrons. The highest BCUT2D eigenvalue weighted by Gasteiger charge is 2.46. The maximum Gasteiger partial charge on any atom is 0.471 e. The summed E-state index contributed by atoms with van der Waals surface area (Å²) < 4.78 is 62.8. The summed E-state index contributed by atoms with van der Waals surface area (Å²) in [4.78, 5) is 11.7. The molecule has 35 heavy (non-hydrogen) atoms. The van der Waals surface area contributed by atoms with Crippen LogP contribution < -0.4 is 5.32 Å². The van der Waals surface area contributed by atoms with Gasteiger partial charge in [0.1, 0.15) is 18.3 Å². The minimum atomic E-state index is -5.02. The van der Waals surface area contributed by atoms with E-state index in [-0.39, 0.29) is 19.8 Å². The topological polar surface area (TPSA) is 66.0 Å². The number of hydrogen-bond acceptors (Lipinski definition) is 5. The fraction of sp³-hybridized carbons (Fsp3) is 0.500. The average molecular weight is 496 g/mol. The summed E-state index contributed by atoms with van der Waals surface area (Å²) >= 11 is 0. The predicted octanol–water partition coefficient (Wildman–Crippen LogP) is 4.42. The minimum Gasteiger partial charge on any atom is -0.374 e. The highest BCUT2D eigenvalue weighted by Crippen LogP contribution is 2.25. The number of halogens is 3. The van der Waals surface area contributed by atoms with Crippen LogP contribution in [0.2, 0.25) is 0 Å². The average Bonchev–Trinajstić information content (AvgIpc) is 2.85. The number of rotatable bonds is 12. The largest absolute Gasteiger partial charge is 0.471 e. The van der Waals surface area contributed by atoms with Crippen molar-refractivity contribution in [2.45, 2.75) is 63.5 Å². The van der Waals surface area contributed by atoms with Crippen molar-refractivity contribution in [3.05, 3.63) is 71.8 Å². The van der Waals surface area contributed by atoms with Gasteiger partial charge in [-0.3, -0.25) is 4.79 Å². The standard InChI is InChI=1S/C26H32F3NO5/c1-2-3-14-33-24-22(18-32-15-19-10-6-4-7-11-19)34-17-21(30-25(31)26(27,28)29)23(24)35-16-20-12-8-5-9-13-20/h4-13,21-24H,2-3,14-18H2,1H3,(H,30,31)/t21-,22-,23-,24+/m1/s1. The van der Waals surface area contributed by atoms with Gasteiger partial charge in [-0.1, -0.05) is 74.0 Å². The normalized spacial score (nSPS) is 22.6. The first-order chi connectivity index (χ1) is 16.9. The Morgan fingerprint density at radius 2 is 1.60 bits per heavy atom. The Morgan fingerprint density at radius 3 is 2.20 bits per heavy atom. The van der Waals surface area contributed by atoms with Gasteiger partial charge in [-0.05, 0) is 17.5 Å². The van der Waals surface area contributed by atoms with Gasteiger partial charge in [0.25, 0.3) is 0 Å². The molecule has 1 aliphatic heterocycles. The maximum absolute atomic E-state index is 13.0. The number of unbranched alkanes of at least 4 members (excludes halogenated alkanes) is 1. The van der Waals surface area contributed by atoms with E-state index < -0.39 is 36.4 Å². The van der Waals surface area contributed by atoms with Crippen molar-refractivity contribution >= 4 is 5.91 Å². The molecular formula is C26H32F3NO5. The van der Waals surface area contributed by atoms with Gasteiger partial charge in [0.2, 0.25) is 0 Å². The van der Waals surface area contributed by atoms with E-state index in [9.17, 15) is 18.0 Å². The van der Waals surface area contributed by atoms with Crippen LogP contribution in [0.4, 0.5) is 13.2 Å². The van der Waals surface area contributed by atoms with E-state index in [2.05, 4.69) is 0 Å². The zero-order chi connectivity index (χ0) is 25.1. The number of hydrogen-bond donors (Lipinski definition) is 1. The number of nitrogens with one attached hydrogen (secondary N) is 1. The third-order valence-corrected chi connectivity index (χ3v) is 5.64. The van der Waals surface area contributed by atoms with Crippen molar-refractivity contribution in [3.8, 4) is 0 Å². The molecular weight excluding hydrogens is 463 g/mol. The molecule has 0 spiro atoms. The van der Waals surface area contributed by atoms with E-state index in [1.807, 2.05) is 72.9 Å². The highest BCUT2D eigenvalue weighted by atomic mass is 19.4. The van der Waals surface area contributed by atoms with E-state index >= 15 is 0 Å². The van der Waals surface area contributed by atoms with E-state index in [4.69, 9.17) is 18.9 Å². The molecule has 1 saturated heterocycles. The van der Waals surface area contributed by atoms with Crippen LogP contribution >= 0.6 is 0 Å². The lowest BCUT2D eigenvalue weighted by atomic mass is 9.97. The molecule has 0 bridgehead atoms. The first-order valence-corrected chi connectivity index (χ1v) is 11.8. The van der Waals surface area contributed by atoms with Crippen LogP contribution in [0.15, 0.2) is 60.7 Å². The van der Waals surface area contributed by atoms with E-state index in [0.29, 0.717) is 13.2 Å². The quantitative estimate of drug-likeness (QED) is 0.442. The van der Waals surface area contributed by atoms with Crippen molar-refractivity contribution in [2.24, 2.45) is 0 Å². The van der Waals surface area contributed by atoms with Crippen LogP contribution in [0.25, 0.3) is 0 Å². The Morgan fingerprint density at radius 1 is 0.971 bits per heavy atom. The van der Waals surface area contributed by atoms with Gasteiger partial charge < -0.3 is 24.3 Å². The molecule has 6 nitrogen and oxygen atoms in total. The Balaban J connectivity index is 1.74. The molecule has 4 atom stereocenters. The van der Waals surface area contributed by atoms with Gasteiger partial charge in [-0.25, -0.2) is 0 Å². The fourth-order valence-electron chi connectivity index (χ4n) is 3.79. The maximum atomic E-state index is 13.0. The monoisotopic (exact) mass is 495 g/mol. The number of carbonyl (C=O) groups excluding carboxylic acids is 1. The number of amides is 1. The first kappa shape index (κ1) is 27.1. The number of alkyl halides is 3. The van der Waals surface area contributed by atoms with Crippen LogP contribution in [0, 0.1) is 0 Å². The molecule has 1 amide bonds. The molecule has 3 rings (SSSR count). The summed E-state index contributed by atoms with van der Waals surface area (Å²) in [5.74, 6) is -2.04. The molecule has 1 N–H and O–H groups in total. The lowest BCUT2D eigenvalue weighted by Gasteiger charge is -2.42. The highest BCUT2D eigenvalue weighted by molar-refractivity contribution is 5.82. The third-order valence-electron chi connectivity index (χ3n) is 5.64. The molecule has 9 heteroatoms. The zero-order valence-corrected chi connectivity index (χ0v) is 19.7. The van der Waals surface area contributed by atoms with Gasteiger partial charge >= 0.3 is 12.1 Å². The number of ether oxygens (including phenoxy) is 4. The minimum absolute atomic E-state index is 0.148. The van der Waals surface area contributed by atoms with Crippen LogP contribution in [-0.2, 0) is 37.0 Å². The van der Waals surface area contributed by atoms with Crippen LogP contribution in [0.3, 0.4) is 0 Å². The summed E-state index contributed by atoms with van der Waals surface area (Å²) in [5.41, 5.74) is 1.84. The number of benzene rings is 2. The Hall–Kier alpha value is -2.46. The Labute approximate surface area is 203 Å². The summed E-state index contributed by atoms with van der Waals surface area (Å²) in [6.45, 7) is 2.90. The molecule has 0 unspecified atom stereocenters. The van der Waals surface area contributed by atoms with Crippen LogP contribution in [-0.4, -0.2) is 56.3 Å². The molecule has 192 valence electrons. The zero-order valence-electron chi connectivity index (χ0n) is 19.7. The van der Waals surface area contributed by atoms with Crippen molar-refractivity contribution in [1.29, 1.82) is 0 Å². The van der Waals surface area contributed by atoms with Gasteiger partial charge in [0.15, 0.2) is 0 Å². The molecule has 0 aromatic heterocycles. The molecule has 2 aromatic carbocycles. The molecule has 2 aromatic rings. The fourth-order valence-corrected chi connectivity index (χ4v) is 3.79. The lowest BCUT2D eigenvalue weighted by molar-refractivity contribution is -0.210. The second-order valence-electron chi connectivity index (χ2n) is 8.40. The van der Waals surface area contributed by atoms with Gasteiger partial charge in [0.05, 0.1) is 32.5 Å². The van der Waals surface area contributed by atoms with Crippen molar-refractivity contribution < 1.29 is 36.9 Å². The third kappa shape index (κ3) is 8.61. The first-order valence-electron chi connectivity index (χ1n) is 11.8. The SMILES string of the molecule is CCCCO[C@@H]1[C@H](OCc2ccccc2)[C@H](NC(=O)C(F)(F)F)CO[C@@H]1COCc1ccccc1. The molecule has 1 fully saturated rings. The van der Waals surface area contributed by atoms with Gasteiger partial charge in [0, 0.05) is 6.61 Å². The summed E-state index contributed by atoms with van der Waals surface area (Å²) in [7, 11) is 0. The van der Waals surface area contributed by atoms with Gasteiger partial charge in [-0.15, -0.1) is 0 Å². The van der Waals surface area contributed by atoms with E-state index in [0.717, 1.165) is 24.0 Å². The molecule has 1 aliphatic rings. The van der Waals surface area contributed by atoms with Crippen LogP contribution in [0.5, 0.6) is 0 Å².